The first-order chi connectivity index (χ1) is 11.3. The first-order valence-corrected chi connectivity index (χ1v) is 8.45. The van der Waals surface area contributed by atoms with Crippen LogP contribution in [-0.4, -0.2) is 17.9 Å². The highest BCUT2D eigenvalue weighted by Gasteiger charge is 2.28. The molecule has 0 radical (unpaired) electrons. The van der Waals surface area contributed by atoms with E-state index < -0.39 is 0 Å². The van der Waals surface area contributed by atoms with Gasteiger partial charge in [-0.1, -0.05) is 42.6 Å². The molecule has 0 N–H and O–H groups in total. The van der Waals surface area contributed by atoms with Crippen molar-refractivity contribution in [3.63, 3.8) is 0 Å². The predicted molar refractivity (Wildman–Crippen MR) is 91.3 cm³/mol. The molecule has 1 fully saturated rings. The Hall–Kier alpha value is -1.87. The van der Waals surface area contributed by atoms with Crippen LogP contribution in [0.5, 0.6) is 5.75 Å². The van der Waals surface area contributed by atoms with Gasteiger partial charge in [0.05, 0.1) is 6.61 Å². The zero-order valence-corrected chi connectivity index (χ0v) is 13.7. The van der Waals surface area contributed by atoms with Crippen molar-refractivity contribution in [3.05, 3.63) is 58.9 Å². The van der Waals surface area contributed by atoms with Crippen LogP contribution in [0, 0.1) is 5.92 Å². The van der Waals surface area contributed by atoms with E-state index in [-0.39, 0.29) is 0 Å². The molecular formula is C19H20ClNO2. The Labute approximate surface area is 141 Å². The Morgan fingerprint density at radius 1 is 1.17 bits per heavy atom. The van der Waals surface area contributed by atoms with E-state index in [0.717, 1.165) is 24.2 Å². The van der Waals surface area contributed by atoms with Gasteiger partial charge >= 0.3 is 0 Å². The van der Waals surface area contributed by atoms with Gasteiger partial charge in [0, 0.05) is 11.2 Å². The summed E-state index contributed by atoms with van der Waals surface area (Å²) in [6, 6.07) is 11.7. The number of halogens is 1. The summed E-state index contributed by atoms with van der Waals surface area (Å²) in [5.74, 6) is 1.38. The van der Waals surface area contributed by atoms with E-state index in [1.54, 1.807) is 18.3 Å². The lowest BCUT2D eigenvalue weighted by Crippen LogP contribution is -2.24. The fourth-order valence-corrected chi connectivity index (χ4v) is 3.68. The van der Waals surface area contributed by atoms with Crippen LogP contribution in [0.2, 0.25) is 5.02 Å². The number of rotatable bonds is 5. The standard InChI is InChI=1S/C19H20ClNO2/c20-17-9-4-3-8-16(17)15-7-2-1-6-14(15)13-23-19-10-5-11-21-18(19)12-22/h3-5,8-12,14-15H,1-2,6-7,13H2. The summed E-state index contributed by atoms with van der Waals surface area (Å²) in [4.78, 5) is 15.1. The fraction of sp³-hybridized carbons (Fsp3) is 0.368. The second kappa shape index (κ2) is 7.60. The summed E-state index contributed by atoms with van der Waals surface area (Å²) < 4.78 is 5.92. The molecule has 0 spiro atoms. The average Bonchev–Trinajstić information content (AvgIpc) is 2.61. The maximum absolute atomic E-state index is 11.0. The van der Waals surface area contributed by atoms with E-state index in [2.05, 4.69) is 11.1 Å². The summed E-state index contributed by atoms with van der Waals surface area (Å²) in [5.41, 5.74) is 1.57. The molecule has 1 aliphatic carbocycles. The van der Waals surface area contributed by atoms with Crippen molar-refractivity contribution in [2.24, 2.45) is 5.92 Å². The van der Waals surface area contributed by atoms with E-state index in [0.29, 0.717) is 29.9 Å². The lowest BCUT2D eigenvalue weighted by molar-refractivity contribution is 0.111. The topological polar surface area (TPSA) is 39.2 Å². The normalized spacial score (nSPS) is 20.9. The van der Waals surface area contributed by atoms with E-state index in [1.807, 2.05) is 18.2 Å². The minimum atomic E-state index is 0.359. The predicted octanol–water partition coefficient (Wildman–Crippen LogP) is 4.90. The summed E-state index contributed by atoms with van der Waals surface area (Å²) >= 11 is 6.39. The van der Waals surface area contributed by atoms with E-state index >= 15 is 0 Å². The second-order valence-corrected chi connectivity index (χ2v) is 6.40. The largest absolute Gasteiger partial charge is 0.491 e. The van der Waals surface area contributed by atoms with Crippen molar-refractivity contribution in [1.29, 1.82) is 0 Å². The molecule has 1 aromatic heterocycles. The fourth-order valence-electron chi connectivity index (χ4n) is 3.40. The number of aldehydes is 1. The Balaban J connectivity index is 1.75. The van der Waals surface area contributed by atoms with Crippen LogP contribution in [-0.2, 0) is 0 Å². The van der Waals surface area contributed by atoms with E-state index in [9.17, 15) is 4.79 Å². The smallest absolute Gasteiger partial charge is 0.172 e. The average molecular weight is 330 g/mol. The van der Waals surface area contributed by atoms with Gasteiger partial charge in [0.2, 0.25) is 0 Å². The lowest BCUT2D eigenvalue weighted by Gasteiger charge is -2.32. The molecule has 0 saturated heterocycles. The number of aromatic nitrogens is 1. The van der Waals surface area contributed by atoms with Crippen LogP contribution in [0.25, 0.3) is 0 Å². The first kappa shape index (κ1) is 16.0. The number of hydrogen-bond acceptors (Lipinski definition) is 3. The van der Waals surface area contributed by atoms with Crippen LogP contribution in [0.15, 0.2) is 42.6 Å². The van der Waals surface area contributed by atoms with Gasteiger partial charge in [-0.3, -0.25) is 4.79 Å². The molecule has 1 aromatic carbocycles. The number of benzene rings is 1. The molecule has 4 heteroatoms. The third kappa shape index (κ3) is 3.73. The molecule has 2 aromatic rings. The van der Waals surface area contributed by atoms with Crippen LogP contribution >= 0.6 is 11.6 Å². The first-order valence-electron chi connectivity index (χ1n) is 8.07. The summed E-state index contributed by atoms with van der Waals surface area (Å²) in [6.45, 7) is 0.586. The molecule has 1 heterocycles. The Bertz CT molecular complexity index is 674. The monoisotopic (exact) mass is 329 g/mol. The minimum Gasteiger partial charge on any atom is -0.491 e. The maximum atomic E-state index is 11.0. The van der Waals surface area contributed by atoms with Gasteiger partial charge in [-0.25, -0.2) is 4.98 Å². The van der Waals surface area contributed by atoms with Crippen LogP contribution in [0.3, 0.4) is 0 Å². The molecule has 2 atom stereocenters. The Kier molecular flexibility index (Phi) is 5.29. The zero-order valence-electron chi connectivity index (χ0n) is 13.0. The molecule has 0 bridgehead atoms. The number of carbonyl (C=O) groups is 1. The number of ether oxygens (including phenoxy) is 1. The van der Waals surface area contributed by atoms with Crippen molar-refractivity contribution in [3.8, 4) is 5.75 Å². The van der Waals surface area contributed by atoms with Crippen LogP contribution < -0.4 is 4.74 Å². The van der Waals surface area contributed by atoms with Gasteiger partial charge in [0.15, 0.2) is 6.29 Å². The molecule has 0 aliphatic heterocycles. The molecule has 1 aliphatic rings. The Morgan fingerprint density at radius 2 is 2.00 bits per heavy atom. The number of hydrogen-bond donors (Lipinski definition) is 0. The molecule has 1 saturated carbocycles. The van der Waals surface area contributed by atoms with E-state index in [1.165, 1.54) is 18.4 Å². The third-order valence-corrected chi connectivity index (χ3v) is 4.92. The van der Waals surface area contributed by atoms with Crippen molar-refractivity contribution in [2.45, 2.75) is 31.6 Å². The quantitative estimate of drug-likeness (QED) is 0.732. The van der Waals surface area contributed by atoms with Crippen molar-refractivity contribution in [1.82, 2.24) is 4.98 Å². The molecule has 0 amide bonds. The molecule has 3 rings (SSSR count). The second-order valence-electron chi connectivity index (χ2n) is 5.99. The number of pyridine rings is 1. The summed E-state index contributed by atoms with van der Waals surface area (Å²) in [5, 5.41) is 0.833. The lowest BCUT2D eigenvalue weighted by atomic mass is 9.76. The molecule has 23 heavy (non-hydrogen) atoms. The number of carbonyl (C=O) groups excluding carboxylic acids is 1. The van der Waals surface area contributed by atoms with Gasteiger partial charge in [0.1, 0.15) is 11.4 Å². The zero-order chi connectivity index (χ0) is 16.1. The molecule has 3 nitrogen and oxygen atoms in total. The summed E-state index contributed by atoms with van der Waals surface area (Å²) in [7, 11) is 0. The highest BCUT2D eigenvalue weighted by atomic mass is 35.5. The molecule has 2 unspecified atom stereocenters. The van der Waals surface area contributed by atoms with Crippen molar-refractivity contribution < 1.29 is 9.53 Å². The maximum Gasteiger partial charge on any atom is 0.172 e. The van der Waals surface area contributed by atoms with Crippen molar-refractivity contribution in [2.75, 3.05) is 6.61 Å². The van der Waals surface area contributed by atoms with Crippen LogP contribution in [0.4, 0.5) is 0 Å². The van der Waals surface area contributed by atoms with Crippen LogP contribution in [0.1, 0.15) is 47.7 Å². The third-order valence-electron chi connectivity index (χ3n) is 4.58. The highest BCUT2D eigenvalue weighted by molar-refractivity contribution is 6.31. The van der Waals surface area contributed by atoms with Gasteiger partial charge in [0.25, 0.3) is 0 Å². The van der Waals surface area contributed by atoms with Gasteiger partial charge < -0.3 is 4.74 Å². The van der Waals surface area contributed by atoms with E-state index in [4.69, 9.17) is 16.3 Å². The number of nitrogens with zero attached hydrogens (tertiary/aromatic N) is 1. The summed E-state index contributed by atoms with van der Waals surface area (Å²) in [6.07, 6.45) is 7.02. The highest BCUT2D eigenvalue weighted by Crippen LogP contribution is 2.40. The minimum absolute atomic E-state index is 0.359. The molecule has 120 valence electrons. The Morgan fingerprint density at radius 3 is 2.83 bits per heavy atom. The molecular weight excluding hydrogens is 310 g/mol. The van der Waals surface area contributed by atoms with Gasteiger partial charge in [-0.2, -0.15) is 0 Å². The SMILES string of the molecule is O=Cc1ncccc1OCC1CCCCC1c1ccccc1Cl. The van der Waals surface area contributed by atoms with Gasteiger partial charge in [-0.15, -0.1) is 0 Å². The van der Waals surface area contributed by atoms with Gasteiger partial charge in [-0.05, 0) is 48.4 Å². The van der Waals surface area contributed by atoms with Crippen molar-refractivity contribution >= 4 is 17.9 Å².